The molecular formula is C25H36N2O5. The number of nitrogens with zero attached hydrogens (tertiary/aromatic N) is 2. The van der Waals surface area contributed by atoms with E-state index >= 15 is 0 Å². The Bertz CT molecular complexity index is 802. The molecule has 0 radical (unpaired) electrons. The fraction of sp³-hybridized carbons (Fsp3) is 0.680. The van der Waals surface area contributed by atoms with Crippen molar-refractivity contribution in [3.05, 3.63) is 23.8 Å². The number of likely N-dealkylation sites (tertiary alicyclic amines) is 2. The van der Waals surface area contributed by atoms with Crippen LogP contribution in [0.4, 0.5) is 0 Å². The molecule has 32 heavy (non-hydrogen) atoms. The summed E-state index contributed by atoms with van der Waals surface area (Å²) in [4.78, 5) is 29.6. The number of piperidine rings is 2. The summed E-state index contributed by atoms with van der Waals surface area (Å²) in [5, 5.41) is 0. The summed E-state index contributed by atoms with van der Waals surface area (Å²) in [5.41, 5.74) is 0.539. The average molecular weight is 445 g/mol. The summed E-state index contributed by atoms with van der Waals surface area (Å²) in [6.45, 7) is 5.60. The maximum absolute atomic E-state index is 13.5. The van der Waals surface area contributed by atoms with E-state index in [0.717, 1.165) is 71.2 Å². The van der Waals surface area contributed by atoms with Crippen molar-refractivity contribution in [2.24, 2.45) is 5.92 Å². The Morgan fingerprint density at radius 3 is 2.47 bits per heavy atom. The number of carbonyl (C=O) groups is 2. The zero-order chi connectivity index (χ0) is 22.5. The highest BCUT2D eigenvalue weighted by atomic mass is 16.5. The summed E-state index contributed by atoms with van der Waals surface area (Å²) in [6, 6.07) is 5.45. The molecule has 0 spiro atoms. The highest BCUT2D eigenvalue weighted by Gasteiger charge is 2.35. The van der Waals surface area contributed by atoms with Gasteiger partial charge in [0.1, 0.15) is 17.6 Å². The molecule has 1 aromatic carbocycles. The van der Waals surface area contributed by atoms with Crippen molar-refractivity contribution >= 4 is 11.8 Å². The number of carbonyl (C=O) groups excluding carboxylic acids is 2. The number of amides is 2. The van der Waals surface area contributed by atoms with Gasteiger partial charge >= 0.3 is 0 Å². The topological polar surface area (TPSA) is 68.3 Å². The number of hydrogen-bond acceptors (Lipinski definition) is 5. The van der Waals surface area contributed by atoms with E-state index < -0.39 is 0 Å². The lowest BCUT2D eigenvalue weighted by atomic mass is 10.0. The van der Waals surface area contributed by atoms with Crippen molar-refractivity contribution in [1.82, 2.24) is 9.80 Å². The molecule has 1 saturated carbocycles. The highest BCUT2D eigenvalue weighted by molar-refractivity contribution is 5.97. The number of ether oxygens (including phenoxy) is 3. The predicted molar refractivity (Wildman–Crippen MR) is 121 cm³/mol. The molecule has 4 rings (SSSR count). The summed E-state index contributed by atoms with van der Waals surface area (Å²) in [7, 11) is 1.60. The van der Waals surface area contributed by atoms with Crippen LogP contribution in [0.25, 0.3) is 0 Å². The summed E-state index contributed by atoms with van der Waals surface area (Å²) >= 11 is 0. The van der Waals surface area contributed by atoms with Crippen LogP contribution in [0.1, 0.15) is 62.2 Å². The molecule has 0 N–H and O–H groups in total. The zero-order valence-corrected chi connectivity index (χ0v) is 19.4. The van der Waals surface area contributed by atoms with Gasteiger partial charge in [0.2, 0.25) is 5.91 Å². The lowest BCUT2D eigenvalue weighted by Crippen LogP contribution is -2.44. The van der Waals surface area contributed by atoms with Gasteiger partial charge in [-0.3, -0.25) is 9.59 Å². The van der Waals surface area contributed by atoms with Gasteiger partial charge in [0, 0.05) is 51.5 Å². The van der Waals surface area contributed by atoms with Crippen LogP contribution in [0.2, 0.25) is 0 Å². The molecule has 7 heteroatoms. The van der Waals surface area contributed by atoms with Gasteiger partial charge in [0.05, 0.1) is 18.8 Å². The largest absolute Gasteiger partial charge is 0.497 e. The minimum Gasteiger partial charge on any atom is -0.497 e. The Morgan fingerprint density at radius 2 is 1.78 bits per heavy atom. The lowest BCUT2D eigenvalue weighted by molar-refractivity contribution is -0.134. The molecule has 0 aromatic heterocycles. The normalized spacial score (nSPS) is 22.0. The fourth-order valence-electron chi connectivity index (χ4n) is 4.58. The van der Waals surface area contributed by atoms with Crippen LogP contribution in [0.3, 0.4) is 0 Å². The van der Waals surface area contributed by atoms with E-state index in [9.17, 15) is 9.59 Å². The molecule has 3 fully saturated rings. The van der Waals surface area contributed by atoms with E-state index in [1.54, 1.807) is 13.2 Å². The van der Waals surface area contributed by atoms with Gasteiger partial charge in [0.25, 0.3) is 5.91 Å². The highest BCUT2D eigenvalue weighted by Crippen LogP contribution is 2.33. The van der Waals surface area contributed by atoms with Crippen LogP contribution in [0.5, 0.6) is 11.5 Å². The standard InChI is InChI=1S/C25H36N2O5/c1-3-15-31-21-5-4-12-27(17-21)25(29)22-16-20(30-2)8-9-23(22)32-19-10-13-26(14-11-19)24(28)18-6-7-18/h8-9,16,18-19,21H,3-7,10-15,17H2,1-2H3. The number of benzene rings is 1. The summed E-state index contributed by atoms with van der Waals surface area (Å²) < 4.78 is 17.6. The quantitative estimate of drug-likeness (QED) is 0.614. The molecule has 0 bridgehead atoms. The van der Waals surface area contributed by atoms with Gasteiger partial charge in [-0.15, -0.1) is 0 Å². The first-order chi connectivity index (χ1) is 15.6. The number of methoxy groups -OCH3 is 1. The van der Waals surface area contributed by atoms with Crippen molar-refractivity contribution in [1.29, 1.82) is 0 Å². The summed E-state index contributed by atoms with van der Waals surface area (Å²) in [6.07, 6.45) is 6.64. The molecule has 176 valence electrons. The molecule has 2 amide bonds. The van der Waals surface area contributed by atoms with Crippen LogP contribution >= 0.6 is 0 Å². The van der Waals surface area contributed by atoms with Gasteiger partial charge in [-0.2, -0.15) is 0 Å². The van der Waals surface area contributed by atoms with E-state index in [1.165, 1.54) is 0 Å². The van der Waals surface area contributed by atoms with Crippen molar-refractivity contribution in [3.63, 3.8) is 0 Å². The van der Waals surface area contributed by atoms with Gasteiger partial charge in [-0.1, -0.05) is 6.92 Å². The average Bonchev–Trinajstić information content (AvgIpc) is 3.68. The third-order valence-corrected chi connectivity index (χ3v) is 6.61. The maximum atomic E-state index is 13.5. The van der Waals surface area contributed by atoms with Crippen molar-refractivity contribution in [3.8, 4) is 11.5 Å². The first-order valence-electron chi connectivity index (χ1n) is 12.1. The molecule has 3 aliphatic rings. The van der Waals surface area contributed by atoms with Crippen LogP contribution < -0.4 is 9.47 Å². The first kappa shape index (κ1) is 22.9. The van der Waals surface area contributed by atoms with Crippen LogP contribution in [-0.4, -0.2) is 73.7 Å². The molecule has 7 nitrogen and oxygen atoms in total. The van der Waals surface area contributed by atoms with Crippen LogP contribution in [-0.2, 0) is 9.53 Å². The molecule has 2 aliphatic heterocycles. The minimum absolute atomic E-state index is 0.000176. The monoisotopic (exact) mass is 444 g/mol. The van der Waals surface area contributed by atoms with E-state index in [0.29, 0.717) is 29.5 Å². The third-order valence-electron chi connectivity index (χ3n) is 6.61. The third kappa shape index (κ3) is 5.55. The van der Waals surface area contributed by atoms with Gasteiger partial charge in [-0.25, -0.2) is 0 Å². The SMILES string of the molecule is CCCOC1CCCN(C(=O)c2cc(OC)ccc2OC2CCN(C(=O)C3CC3)CC2)C1. The first-order valence-corrected chi connectivity index (χ1v) is 12.1. The molecule has 1 aromatic rings. The predicted octanol–water partition coefficient (Wildman–Crippen LogP) is 3.51. The maximum Gasteiger partial charge on any atom is 0.257 e. The van der Waals surface area contributed by atoms with Crippen LogP contribution in [0, 0.1) is 5.92 Å². The number of hydrogen-bond donors (Lipinski definition) is 0. The Labute approximate surface area is 191 Å². The Kier molecular flexibility index (Phi) is 7.55. The number of rotatable bonds is 8. The van der Waals surface area contributed by atoms with Crippen molar-refractivity contribution < 1.29 is 23.8 Å². The van der Waals surface area contributed by atoms with E-state index in [2.05, 4.69) is 6.92 Å². The summed E-state index contributed by atoms with van der Waals surface area (Å²) in [5.74, 6) is 1.76. The second-order valence-electron chi connectivity index (χ2n) is 9.17. The molecular weight excluding hydrogens is 408 g/mol. The molecule has 1 atom stereocenters. The Morgan fingerprint density at radius 1 is 1.00 bits per heavy atom. The van der Waals surface area contributed by atoms with Crippen LogP contribution in [0.15, 0.2) is 18.2 Å². The lowest BCUT2D eigenvalue weighted by Gasteiger charge is -2.34. The second kappa shape index (κ2) is 10.6. The van der Waals surface area contributed by atoms with Gasteiger partial charge in [-0.05, 0) is 50.3 Å². The molecule has 1 unspecified atom stereocenters. The molecule has 2 heterocycles. The van der Waals surface area contributed by atoms with E-state index in [4.69, 9.17) is 14.2 Å². The van der Waals surface area contributed by atoms with E-state index in [-0.39, 0.29) is 24.0 Å². The zero-order valence-electron chi connectivity index (χ0n) is 19.4. The van der Waals surface area contributed by atoms with Crippen molar-refractivity contribution in [2.75, 3.05) is 39.9 Å². The molecule has 2 saturated heterocycles. The van der Waals surface area contributed by atoms with Crippen molar-refractivity contribution in [2.45, 2.75) is 64.1 Å². The Balaban J connectivity index is 1.42. The van der Waals surface area contributed by atoms with Gasteiger partial charge in [0.15, 0.2) is 0 Å². The molecule has 1 aliphatic carbocycles. The smallest absolute Gasteiger partial charge is 0.257 e. The van der Waals surface area contributed by atoms with Gasteiger partial charge < -0.3 is 24.0 Å². The fourth-order valence-corrected chi connectivity index (χ4v) is 4.58. The minimum atomic E-state index is -0.0370. The van der Waals surface area contributed by atoms with E-state index in [1.807, 2.05) is 21.9 Å². The second-order valence-corrected chi connectivity index (χ2v) is 9.17. The Hall–Kier alpha value is -2.28.